The quantitative estimate of drug-likeness (QED) is 0.772. The predicted molar refractivity (Wildman–Crippen MR) is 91.1 cm³/mol. The average molecular weight is 310 g/mol. The number of hydrogen-bond donors (Lipinski definition) is 1. The summed E-state index contributed by atoms with van der Waals surface area (Å²) in [6.07, 6.45) is 1.77. The van der Waals surface area contributed by atoms with Gasteiger partial charge in [-0.3, -0.25) is 4.98 Å². The monoisotopic (exact) mass is 310 g/mol. The minimum atomic E-state index is 0.729. The molecular formula is C18H18N2O3. The van der Waals surface area contributed by atoms with Crippen LogP contribution in [0.4, 0.5) is 11.4 Å². The molecule has 0 bridgehead atoms. The van der Waals surface area contributed by atoms with Gasteiger partial charge in [-0.05, 0) is 18.2 Å². The Kier molecular flexibility index (Phi) is 4.19. The Bertz CT molecular complexity index is 811. The summed E-state index contributed by atoms with van der Waals surface area (Å²) in [7, 11) is 4.91. The Morgan fingerprint density at radius 1 is 0.783 bits per heavy atom. The highest BCUT2D eigenvalue weighted by Gasteiger charge is 2.06. The number of rotatable bonds is 5. The largest absolute Gasteiger partial charge is 0.497 e. The van der Waals surface area contributed by atoms with E-state index in [1.54, 1.807) is 27.5 Å². The molecule has 118 valence electrons. The highest BCUT2D eigenvalue weighted by Crippen LogP contribution is 2.31. The van der Waals surface area contributed by atoms with E-state index < -0.39 is 0 Å². The number of nitrogens with one attached hydrogen (secondary N) is 1. The molecule has 0 aliphatic rings. The fraction of sp³-hybridized carbons (Fsp3) is 0.167. The van der Waals surface area contributed by atoms with Crippen molar-refractivity contribution in [3.63, 3.8) is 0 Å². The molecule has 0 spiro atoms. The lowest BCUT2D eigenvalue weighted by molar-refractivity contribution is 0.395. The van der Waals surface area contributed by atoms with Crippen LogP contribution in [0.5, 0.6) is 17.2 Å². The summed E-state index contributed by atoms with van der Waals surface area (Å²) in [5.74, 6) is 2.24. The van der Waals surface area contributed by atoms with Crippen LogP contribution in [0.15, 0.2) is 48.7 Å². The van der Waals surface area contributed by atoms with E-state index in [0.29, 0.717) is 0 Å². The number of nitrogens with zero attached hydrogens (tertiary/aromatic N) is 1. The summed E-state index contributed by atoms with van der Waals surface area (Å²) >= 11 is 0. The van der Waals surface area contributed by atoms with Gasteiger partial charge in [0.05, 0.1) is 26.8 Å². The zero-order valence-corrected chi connectivity index (χ0v) is 13.3. The number of benzene rings is 2. The van der Waals surface area contributed by atoms with Crippen LogP contribution in [0, 0.1) is 0 Å². The van der Waals surface area contributed by atoms with Crippen LogP contribution in [-0.4, -0.2) is 26.3 Å². The molecule has 0 radical (unpaired) electrons. The van der Waals surface area contributed by atoms with E-state index in [4.69, 9.17) is 14.2 Å². The van der Waals surface area contributed by atoms with Gasteiger partial charge < -0.3 is 19.5 Å². The Morgan fingerprint density at radius 3 is 2.13 bits per heavy atom. The third-order valence-electron chi connectivity index (χ3n) is 3.58. The Morgan fingerprint density at radius 2 is 1.48 bits per heavy atom. The second kappa shape index (κ2) is 6.44. The number of fused-ring (bicyclic) bond motifs is 1. The van der Waals surface area contributed by atoms with Crippen molar-refractivity contribution in [2.24, 2.45) is 0 Å². The molecule has 1 heterocycles. The van der Waals surface area contributed by atoms with E-state index in [2.05, 4.69) is 10.3 Å². The van der Waals surface area contributed by atoms with Crippen molar-refractivity contribution in [3.05, 3.63) is 48.7 Å². The van der Waals surface area contributed by atoms with Gasteiger partial charge >= 0.3 is 0 Å². The second-order valence-corrected chi connectivity index (χ2v) is 4.97. The van der Waals surface area contributed by atoms with Gasteiger partial charge in [0.25, 0.3) is 0 Å². The van der Waals surface area contributed by atoms with E-state index in [-0.39, 0.29) is 0 Å². The molecule has 1 N–H and O–H groups in total. The maximum atomic E-state index is 5.30. The Hall–Kier alpha value is -2.95. The van der Waals surface area contributed by atoms with Crippen LogP contribution in [-0.2, 0) is 0 Å². The number of pyridine rings is 1. The van der Waals surface area contributed by atoms with Crippen molar-refractivity contribution in [2.45, 2.75) is 0 Å². The fourth-order valence-electron chi connectivity index (χ4n) is 2.40. The van der Waals surface area contributed by atoms with Gasteiger partial charge in [-0.15, -0.1) is 0 Å². The molecule has 23 heavy (non-hydrogen) atoms. The zero-order valence-electron chi connectivity index (χ0n) is 13.3. The summed E-state index contributed by atoms with van der Waals surface area (Å²) in [6.45, 7) is 0. The van der Waals surface area contributed by atoms with Gasteiger partial charge in [0.1, 0.15) is 17.2 Å². The van der Waals surface area contributed by atoms with Crippen LogP contribution in [0.25, 0.3) is 10.9 Å². The van der Waals surface area contributed by atoms with Crippen molar-refractivity contribution in [1.82, 2.24) is 4.98 Å². The highest BCUT2D eigenvalue weighted by molar-refractivity contribution is 5.93. The van der Waals surface area contributed by atoms with Crippen molar-refractivity contribution < 1.29 is 14.2 Å². The van der Waals surface area contributed by atoms with Crippen LogP contribution in [0.1, 0.15) is 0 Å². The van der Waals surface area contributed by atoms with E-state index in [9.17, 15) is 0 Å². The first-order valence-corrected chi connectivity index (χ1v) is 7.16. The van der Waals surface area contributed by atoms with Gasteiger partial charge in [0.2, 0.25) is 0 Å². The Labute approximate surface area is 134 Å². The van der Waals surface area contributed by atoms with E-state index in [1.807, 2.05) is 42.5 Å². The number of hydrogen-bond acceptors (Lipinski definition) is 5. The number of aromatic nitrogens is 1. The molecule has 0 unspecified atom stereocenters. The number of methoxy groups -OCH3 is 3. The molecule has 0 amide bonds. The van der Waals surface area contributed by atoms with Gasteiger partial charge in [-0.1, -0.05) is 0 Å². The SMILES string of the molecule is COc1cc(Nc2ccnc3cc(OC)ccc23)cc(OC)c1. The van der Waals surface area contributed by atoms with E-state index >= 15 is 0 Å². The second-order valence-electron chi connectivity index (χ2n) is 4.97. The lowest BCUT2D eigenvalue weighted by Gasteiger charge is -2.12. The maximum absolute atomic E-state index is 5.30. The normalized spacial score (nSPS) is 10.4. The fourth-order valence-corrected chi connectivity index (χ4v) is 2.40. The van der Waals surface area contributed by atoms with Crippen molar-refractivity contribution in [1.29, 1.82) is 0 Å². The molecule has 1 aromatic heterocycles. The first kappa shape index (κ1) is 15.0. The smallest absolute Gasteiger partial charge is 0.124 e. The van der Waals surface area contributed by atoms with Gasteiger partial charge in [-0.25, -0.2) is 0 Å². The first-order valence-electron chi connectivity index (χ1n) is 7.16. The third kappa shape index (κ3) is 3.13. The minimum Gasteiger partial charge on any atom is -0.497 e. The molecule has 0 fully saturated rings. The molecule has 0 saturated heterocycles. The highest BCUT2D eigenvalue weighted by atomic mass is 16.5. The first-order chi connectivity index (χ1) is 11.2. The van der Waals surface area contributed by atoms with Crippen LogP contribution in [0.3, 0.4) is 0 Å². The topological polar surface area (TPSA) is 52.6 Å². The zero-order chi connectivity index (χ0) is 16.2. The molecule has 5 heteroatoms. The predicted octanol–water partition coefficient (Wildman–Crippen LogP) is 4.00. The summed E-state index contributed by atoms with van der Waals surface area (Å²) in [6, 6.07) is 13.4. The van der Waals surface area contributed by atoms with Gasteiger partial charge in [0, 0.05) is 47.2 Å². The van der Waals surface area contributed by atoms with E-state index in [1.165, 1.54) is 0 Å². The Balaban J connectivity index is 2.01. The molecule has 0 atom stereocenters. The minimum absolute atomic E-state index is 0.729. The number of ether oxygens (including phenoxy) is 3. The molecule has 3 aromatic rings. The molecular weight excluding hydrogens is 292 g/mol. The summed E-state index contributed by atoms with van der Waals surface area (Å²) < 4.78 is 15.9. The molecule has 0 aliphatic heterocycles. The molecule has 0 aliphatic carbocycles. The van der Waals surface area contributed by atoms with Crippen molar-refractivity contribution >= 4 is 22.3 Å². The maximum Gasteiger partial charge on any atom is 0.124 e. The summed E-state index contributed by atoms with van der Waals surface area (Å²) in [5, 5.41) is 4.40. The van der Waals surface area contributed by atoms with Gasteiger partial charge in [-0.2, -0.15) is 0 Å². The molecule has 3 rings (SSSR count). The van der Waals surface area contributed by atoms with Crippen LogP contribution in [0.2, 0.25) is 0 Å². The number of anilines is 2. The van der Waals surface area contributed by atoms with Crippen molar-refractivity contribution in [3.8, 4) is 17.2 Å². The molecule has 2 aromatic carbocycles. The lowest BCUT2D eigenvalue weighted by Crippen LogP contribution is -1.95. The summed E-state index contributed by atoms with van der Waals surface area (Å²) in [5.41, 5.74) is 2.70. The molecule has 0 saturated carbocycles. The lowest BCUT2D eigenvalue weighted by atomic mass is 10.1. The standard InChI is InChI=1S/C18H18N2O3/c1-21-13-4-5-16-17(6-7-19-18(16)11-13)20-12-8-14(22-2)10-15(9-12)23-3/h4-11H,1-3H3,(H,19,20). The van der Waals surface area contributed by atoms with E-state index in [0.717, 1.165) is 39.5 Å². The average Bonchev–Trinajstić information content (AvgIpc) is 2.61. The van der Waals surface area contributed by atoms with Crippen LogP contribution >= 0.6 is 0 Å². The van der Waals surface area contributed by atoms with Crippen LogP contribution < -0.4 is 19.5 Å². The van der Waals surface area contributed by atoms with Crippen molar-refractivity contribution in [2.75, 3.05) is 26.6 Å². The molecule has 5 nitrogen and oxygen atoms in total. The third-order valence-corrected chi connectivity index (χ3v) is 3.58. The summed E-state index contributed by atoms with van der Waals surface area (Å²) in [4.78, 5) is 4.39. The van der Waals surface area contributed by atoms with Gasteiger partial charge in [0.15, 0.2) is 0 Å².